The van der Waals surface area contributed by atoms with Gasteiger partial charge in [0.25, 0.3) is 0 Å². The van der Waals surface area contributed by atoms with Gasteiger partial charge in [-0.1, -0.05) is 30.3 Å². The van der Waals surface area contributed by atoms with Crippen molar-refractivity contribution >= 4 is 24.5 Å². The first-order valence-electron chi connectivity index (χ1n) is 5.78. The number of benzene rings is 2. The average molecular weight is 257 g/mol. The highest BCUT2D eigenvalue weighted by Crippen LogP contribution is 2.28. The van der Waals surface area contributed by atoms with Crippen molar-refractivity contribution in [3.63, 3.8) is 0 Å². The lowest BCUT2D eigenvalue weighted by atomic mass is 10.2. The predicted molar refractivity (Wildman–Crippen MR) is 78.3 cm³/mol. The fourth-order valence-corrected chi connectivity index (χ4v) is 1.77. The van der Waals surface area contributed by atoms with Crippen LogP contribution in [0.4, 0.5) is 5.69 Å². The summed E-state index contributed by atoms with van der Waals surface area (Å²) in [5.41, 5.74) is 1.97. The van der Waals surface area contributed by atoms with Crippen molar-refractivity contribution in [1.29, 1.82) is 0 Å². The first kappa shape index (κ1) is 12.7. The second kappa shape index (κ2) is 6.26. The first-order valence-corrected chi connectivity index (χ1v) is 6.23. The number of hydrogen-bond acceptors (Lipinski definition) is 3. The Hall–Kier alpha value is -1.74. The third kappa shape index (κ3) is 3.37. The van der Waals surface area contributed by atoms with Gasteiger partial charge in [-0.2, -0.15) is 0 Å². The molecule has 2 rings (SSSR count). The summed E-state index contributed by atoms with van der Waals surface area (Å²) in [5, 5.41) is 0. The molecule has 3 heteroatoms. The molecule has 0 bridgehead atoms. The lowest BCUT2D eigenvalue weighted by Crippen LogP contribution is -1.94. The minimum atomic E-state index is 0.558. The summed E-state index contributed by atoms with van der Waals surface area (Å²) in [5.74, 6) is 0.803. The molecule has 0 aliphatic heterocycles. The van der Waals surface area contributed by atoms with Crippen LogP contribution >= 0.6 is 12.6 Å². The van der Waals surface area contributed by atoms with E-state index >= 15 is 0 Å². The van der Waals surface area contributed by atoms with E-state index in [0.29, 0.717) is 6.61 Å². The van der Waals surface area contributed by atoms with Crippen LogP contribution in [-0.2, 0) is 6.61 Å². The predicted octanol–water partition coefficient (Wildman–Crippen LogP) is 4.28. The molecule has 2 aromatic carbocycles. The van der Waals surface area contributed by atoms with Gasteiger partial charge in [0.2, 0.25) is 0 Å². The van der Waals surface area contributed by atoms with Crippen LogP contribution in [0.25, 0.3) is 0 Å². The Balaban J connectivity index is 2.08. The van der Waals surface area contributed by atoms with Crippen LogP contribution in [0.1, 0.15) is 12.5 Å². The quantitative estimate of drug-likeness (QED) is 0.641. The summed E-state index contributed by atoms with van der Waals surface area (Å²) in [7, 11) is 0. The number of aliphatic imine (C=N–C) groups is 1. The number of ether oxygens (including phenoxy) is 1. The van der Waals surface area contributed by atoms with Crippen molar-refractivity contribution in [1.82, 2.24) is 0 Å². The van der Waals surface area contributed by atoms with Crippen molar-refractivity contribution in [3.8, 4) is 5.75 Å². The van der Waals surface area contributed by atoms with E-state index in [1.165, 1.54) is 0 Å². The Morgan fingerprint density at radius 2 is 1.94 bits per heavy atom. The molecule has 0 saturated heterocycles. The highest BCUT2D eigenvalue weighted by Gasteiger charge is 2.00. The van der Waals surface area contributed by atoms with Crippen LogP contribution in [0.5, 0.6) is 5.75 Å². The van der Waals surface area contributed by atoms with Crippen LogP contribution in [0.15, 0.2) is 58.4 Å². The number of rotatable bonds is 4. The fraction of sp³-hybridized carbons (Fsp3) is 0.133. The molecule has 2 aromatic rings. The van der Waals surface area contributed by atoms with E-state index in [-0.39, 0.29) is 0 Å². The van der Waals surface area contributed by atoms with Gasteiger partial charge < -0.3 is 4.74 Å². The Kier molecular flexibility index (Phi) is 4.42. The van der Waals surface area contributed by atoms with Gasteiger partial charge >= 0.3 is 0 Å². The van der Waals surface area contributed by atoms with Crippen LogP contribution in [-0.4, -0.2) is 6.21 Å². The summed E-state index contributed by atoms with van der Waals surface area (Å²) in [6, 6.07) is 15.8. The van der Waals surface area contributed by atoms with Gasteiger partial charge in [-0.25, -0.2) is 0 Å². The second-order valence-electron chi connectivity index (χ2n) is 3.81. The summed E-state index contributed by atoms with van der Waals surface area (Å²) < 4.78 is 5.73. The first-order chi connectivity index (χ1) is 8.79. The van der Waals surface area contributed by atoms with Crippen LogP contribution in [0.2, 0.25) is 0 Å². The van der Waals surface area contributed by atoms with E-state index in [2.05, 4.69) is 17.6 Å². The van der Waals surface area contributed by atoms with Crippen LogP contribution in [0, 0.1) is 0 Å². The van der Waals surface area contributed by atoms with Gasteiger partial charge in [0, 0.05) is 17.2 Å². The van der Waals surface area contributed by atoms with Gasteiger partial charge in [-0.05, 0) is 24.6 Å². The maximum absolute atomic E-state index is 5.73. The van der Waals surface area contributed by atoms with E-state index < -0.39 is 0 Å². The van der Waals surface area contributed by atoms with E-state index in [1.54, 1.807) is 6.21 Å². The molecular formula is C15H15NOS. The monoisotopic (exact) mass is 257 g/mol. The highest BCUT2D eigenvalue weighted by atomic mass is 32.1. The van der Waals surface area contributed by atoms with Gasteiger partial charge in [0.15, 0.2) is 0 Å². The van der Waals surface area contributed by atoms with E-state index in [9.17, 15) is 0 Å². The third-order valence-corrected chi connectivity index (χ3v) is 2.84. The Morgan fingerprint density at radius 3 is 2.67 bits per heavy atom. The molecule has 0 heterocycles. The summed E-state index contributed by atoms with van der Waals surface area (Å²) in [6.07, 6.45) is 1.75. The third-order valence-electron chi connectivity index (χ3n) is 2.46. The lowest BCUT2D eigenvalue weighted by Gasteiger charge is -2.08. The smallest absolute Gasteiger partial charge is 0.122 e. The fourth-order valence-electron chi connectivity index (χ4n) is 1.58. The molecule has 18 heavy (non-hydrogen) atoms. The molecule has 0 aliphatic rings. The molecule has 0 unspecified atom stereocenters. The molecule has 0 N–H and O–H groups in total. The van der Waals surface area contributed by atoms with E-state index in [4.69, 9.17) is 4.74 Å². The number of hydrogen-bond donors (Lipinski definition) is 1. The molecule has 0 fully saturated rings. The topological polar surface area (TPSA) is 21.6 Å². The average Bonchev–Trinajstić information content (AvgIpc) is 2.41. The van der Waals surface area contributed by atoms with Gasteiger partial charge in [0.05, 0.1) is 5.69 Å². The normalized spacial score (nSPS) is 10.8. The number of thiol groups is 1. The maximum atomic E-state index is 5.73. The molecule has 0 radical (unpaired) electrons. The maximum Gasteiger partial charge on any atom is 0.122 e. The minimum absolute atomic E-state index is 0.558. The van der Waals surface area contributed by atoms with Gasteiger partial charge in [0.1, 0.15) is 12.4 Å². The van der Waals surface area contributed by atoms with Crippen molar-refractivity contribution in [3.05, 3.63) is 54.1 Å². The Morgan fingerprint density at radius 1 is 1.17 bits per heavy atom. The minimum Gasteiger partial charge on any atom is -0.489 e. The van der Waals surface area contributed by atoms with Crippen molar-refractivity contribution in [2.24, 2.45) is 4.99 Å². The zero-order valence-corrected chi connectivity index (χ0v) is 11.1. The largest absolute Gasteiger partial charge is 0.489 e. The zero-order valence-electron chi connectivity index (χ0n) is 10.2. The summed E-state index contributed by atoms with van der Waals surface area (Å²) >= 11 is 4.35. The molecule has 0 amide bonds. The van der Waals surface area contributed by atoms with E-state index in [1.807, 2.05) is 55.5 Å². The molecular weight excluding hydrogens is 242 g/mol. The molecule has 0 spiro atoms. The SMILES string of the molecule is CC=Nc1cc(OCc2ccccc2)ccc1S. The molecule has 92 valence electrons. The second-order valence-corrected chi connectivity index (χ2v) is 4.29. The summed E-state index contributed by atoms with van der Waals surface area (Å²) in [6.45, 7) is 2.44. The summed E-state index contributed by atoms with van der Waals surface area (Å²) in [4.78, 5) is 5.09. The molecule has 0 aliphatic carbocycles. The Labute approximate surface area is 113 Å². The molecule has 2 nitrogen and oxygen atoms in total. The zero-order chi connectivity index (χ0) is 12.8. The van der Waals surface area contributed by atoms with Crippen LogP contribution in [0.3, 0.4) is 0 Å². The standard InChI is InChI=1S/C15H15NOS/c1-2-16-14-10-13(8-9-15(14)18)17-11-12-6-4-3-5-7-12/h2-10,18H,11H2,1H3. The van der Waals surface area contributed by atoms with Crippen molar-refractivity contribution in [2.75, 3.05) is 0 Å². The molecule has 0 saturated carbocycles. The van der Waals surface area contributed by atoms with Gasteiger partial charge in [-0.15, -0.1) is 12.6 Å². The van der Waals surface area contributed by atoms with Crippen LogP contribution < -0.4 is 4.74 Å². The van der Waals surface area contributed by atoms with E-state index in [0.717, 1.165) is 21.9 Å². The van der Waals surface area contributed by atoms with Crippen molar-refractivity contribution in [2.45, 2.75) is 18.4 Å². The lowest BCUT2D eigenvalue weighted by molar-refractivity contribution is 0.306. The molecule has 0 atom stereocenters. The highest BCUT2D eigenvalue weighted by molar-refractivity contribution is 7.80. The van der Waals surface area contributed by atoms with Gasteiger partial charge in [-0.3, -0.25) is 4.99 Å². The molecule has 0 aromatic heterocycles. The Bertz CT molecular complexity index is 537. The van der Waals surface area contributed by atoms with Crippen molar-refractivity contribution < 1.29 is 4.74 Å². The number of nitrogens with zero attached hydrogens (tertiary/aromatic N) is 1.